The number of imidazole rings is 1. The maximum atomic E-state index is 6.00. The van der Waals surface area contributed by atoms with E-state index in [0.717, 1.165) is 49.7 Å². The Bertz CT molecular complexity index is 1350. The van der Waals surface area contributed by atoms with Gasteiger partial charge in [-0.15, -0.1) is 11.3 Å². The van der Waals surface area contributed by atoms with Crippen molar-refractivity contribution in [3.63, 3.8) is 0 Å². The lowest BCUT2D eigenvalue weighted by molar-refractivity contribution is 0.119. The smallest absolute Gasteiger partial charge is 0.206 e. The van der Waals surface area contributed by atoms with Crippen molar-refractivity contribution in [3.8, 4) is 16.3 Å². The minimum Gasteiger partial charge on any atom is -0.497 e. The summed E-state index contributed by atoms with van der Waals surface area (Å²) in [6.07, 6.45) is 7.41. The normalized spacial score (nSPS) is 13.4. The number of rotatable bonds is 10. The number of fused-ring (bicyclic) bond motifs is 3. The molecule has 0 amide bonds. The number of hydrogen-bond donors (Lipinski definition) is 0. The molecular formula is C30H32BrN3O2S. The first-order valence-corrected chi connectivity index (χ1v) is 14.2. The van der Waals surface area contributed by atoms with Crippen LogP contribution in [0.1, 0.15) is 35.2 Å². The zero-order valence-electron chi connectivity index (χ0n) is 21.3. The Hall–Kier alpha value is -2.87. The van der Waals surface area contributed by atoms with Crippen LogP contribution in [-0.2, 0) is 31.4 Å². The number of ether oxygens (including phenoxy) is 2. The van der Waals surface area contributed by atoms with Crippen molar-refractivity contribution in [2.45, 2.75) is 32.4 Å². The topological polar surface area (TPSA) is 39.5 Å². The van der Waals surface area contributed by atoms with Gasteiger partial charge in [-0.3, -0.25) is 0 Å². The van der Waals surface area contributed by atoms with Crippen LogP contribution in [0.25, 0.3) is 16.6 Å². The number of halogens is 1. The number of benzene rings is 2. The number of methoxy groups -OCH3 is 1. The van der Waals surface area contributed by atoms with Gasteiger partial charge in [0, 0.05) is 26.7 Å². The molecule has 0 radical (unpaired) electrons. The van der Waals surface area contributed by atoms with E-state index in [1.54, 1.807) is 18.4 Å². The number of thiophene rings is 1. The van der Waals surface area contributed by atoms with Gasteiger partial charge >= 0.3 is 0 Å². The third-order valence-electron chi connectivity index (χ3n) is 6.59. The first kappa shape index (κ1) is 25.8. The summed E-state index contributed by atoms with van der Waals surface area (Å²) in [5.74, 6) is 1.84. The van der Waals surface area contributed by atoms with E-state index in [2.05, 4.69) is 87.1 Å². The molecule has 7 heteroatoms. The van der Waals surface area contributed by atoms with Crippen molar-refractivity contribution in [2.75, 3.05) is 25.2 Å². The summed E-state index contributed by atoms with van der Waals surface area (Å²) in [5, 5.41) is 0. The molecule has 192 valence electrons. The Kier molecular flexibility index (Phi) is 8.44. The fourth-order valence-corrected chi connectivity index (χ4v) is 6.50. The number of anilines is 1. The van der Waals surface area contributed by atoms with E-state index in [0.29, 0.717) is 13.2 Å². The second-order valence-electron chi connectivity index (χ2n) is 9.21. The van der Waals surface area contributed by atoms with Gasteiger partial charge in [0.05, 0.1) is 33.8 Å². The van der Waals surface area contributed by atoms with E-state index in [9.17, 15) is 0 Å². The van der Waals surface area contributed by atoms with Crippen LogP contribution in [0.4, 0.5) is 5.95 Å². The Morgan fingerprint density at radius 1 is 1.08 bits per heavy atom. The van der Waals surface area contributed by atoms with Gasteiger partial charge in [0.25, 0.3) is 0 Å². The monoisotopic (exact) mass is 577 g/mol. The summed E-state index contributed by atoms with van der Waals surface area (Å²) in [4.78, 5) is 8.84. The summed E-state index contributed by atoms with van der Waals surface area (Å²) in [5.41, 5.74) is 6.03. The Morgan fingerprint density at radius 3 is 2.68 bits per heavy atom. The molecule has 2 aromatic carbocycles. The zero-order valence-corrected chi connectivity index (χ0v) is 23.7. The van der Waals surface area contributed by atoms with Crippen LogP contribution < -0.4 is 9.64 Å². The molecule has 0 fully saturated rings. The number of hydrogen-bond acceptors (Lipinski definition) is 5. The highest BCUT2D eigenvalue weighted by molar-refractivity contribution is 9.11. The van der Waals surface area contributed by atoms with Crippen LogP contribution in [0.5, 0.6) is 5.75 Å². The van der Waals surface area contributed by atoms with Crippen LogP contribution in [0.15, 0.2) is 70.5 Å². The molecule has 0 spiro atoms. The molecule has 0 bridgehead atoms. The quantitative estimate of drug-likeness (QED) is 0.183. The predicted molar refractivity (Wildman–Crippen MR) is 156 cm³/mol. The molecule has 5 rings (SSSR count). The van der Waals surface area contributed by atoms with Crippen molar-refractivity contribution in [1.29, 1.82) is 0 Å². The summed E-state index contributed by atoms with van der Waals surface area (Å²) >= 11 is 5.51. The van der Waals surface area contributed by atoms with E-state index in [1.165, 1.54) is 31.0 Å². The van der Waals surface area contributed by atoms with E-state index in [4.69, 9.17) is 14.5 Å². The SMILES string of the molecule is COc1ccc(CN(CCCOCc2ccccc2)c2nc3c(n2C)-c2sc(Br)cc2CC/C=C\3)cc1. The van der Waals surface area contributed by atoms with E-state index in [1.807, 2.05) is 18.2 Å². The average Bonchev–Trinajstić information content (AvgIpc) is 3.43. The molecule has 0 saturated heterocycles. The van der Waals surface area contributed by atoms with Gasteiger partial charge in [0.2, 0.25) is 5.95 Å². The number of allylic oxidation sites excluding steroid dienone is 1. The molecule has 0 atom stereocenters. The minimum atomic E-state index is 0.636. The van der Waals surface area contributed by atoms with E-state index >= 15 is 0 Å². The predicted octanol–water partition coefficient (Wildman–Crippen LogP) is 7.49. The molecule has 2 heterocycles. The standard InChI is InChI=1S/C30H32BrN3O2S/c1-33-28-26(12-7-6-11-24-19-27(31)37-29(24)28)32-30(33)34(20-22-13-15-25(35-2)16-14-22)17-8-18-36-21-23-9-4-3-5-10-23/h3-5,7,9-10,12-16,19H,6,8,11,17-18,20-21H2,1-2H3/b12-7-. The molecule has 37 heavy (non-hydrogen) atoms. The van der Waals surface area contributed by atoms with Crippen molar-refractivity contribution in [1.82, 2.24) is 9.55 Å². The largest absolute Gasteiger partial charge is 0.497 e. The van der Waals surface area contributed by atoms with Crippen LogP contribution >= 0.6 is 27.3 Å². The van der Waals surface area contributed by atoms with Crippen molar-refractivity contribution in [2.24, 2.45) is 7.05 Å². The van der Waals surface area contributed by atoms with Crippen LogP contribution in [-0.4, -0.2) is 29.8 Å². The zero-order chi connectivity index (χ0) is 25.6. The second-order valence-corrected chi connectivity index (χ2v) is 11.6. The maximum Gasteiger partial charge on any atom is 0.206 e. The molecular weight excluding hydrogens is 546 g/mol. The molecule has 0 saturated carbocycles. The third kappa shape index (κ3) is 6.17. The van der Waals surface area contributed by atoms with Crippen LogP contribution in [0, 0.1) is 0 Å². The van der Waals surface area contributed by atoms with Crippen molar-refractivity contribution in [3.05, 3.63) is 92.9 Å². The summed E-state index contributed by atoms with van der Waals surface area (Å²) < 4.78 is 14.8. The molecule has 2 aromatic heterocycles. The Labute approximate surface area is 231 Å². The van der Waals surface area contributed by atoms with E-state index in [-0.39, 0.29) is 0 Å². The van der Waals surface area contributed by atoms with Gasteiger partial charge in [-0.1, -0.05) is 48.5 Å². The molecule has 0 N–H and O–H groups in total. The lowest BCUT2D eigenvalue weighted by Crippen LogP contribution is -2.27. The number of aromatic nitrogens is 2. The number of nitrogens with zero attached hydrogens (tertiary/aromatic N) is 3. The van der Waals surface area contributed by atoms with Gasteiger partial charge in [-0.2, -0.15) is 0 Å². The van der Waals surface area contributed by atoms with Gasteiger partial charge in [0.1, 0.15) is 5.75 Å². The van der Waals surface area contributed by atoms with Gasteiger partial charge in [0.15, 0.2) is 0 Å². The Morgan fingerprint density at radius 2 is 1.89 bits per heavy atom. The molecule has 5 nitrogen and oxygen atoms in total. The lowest BCUT2D eigenvalue weighted by atomic mass is 10.1. The summed E-state index contributed by atoms with van der Waals surface area (Å²) in [6.45, 7) is 2.93. The van der Waals surface area contributed by atoms with Crippen molar-refractivity contribution >= 4 is 39.3 Å². The second kappa shape index (κ2) is 12.1. The summed E-state index contributed by atoms with van der Waals surface area (Å²) in [7, 11) is 3.84. The molecule has 0 unspecified atom stereocenters. The van der Waals surface area contributed by atoms with Gasteiger partial charge in [-0.25, -0.2) is 4.98 Å². The van der Waals surface area contributed by atoms with Gasteiger partial charge < -0.3 is 18.9 Å². The third-order valence-corrected chi connectivity index (χ3v) is 8.28. The first-order chi connectivity index (χ1) is 18.1. The molecule has 0 aliphatic heterocycles. The highest BCUT2D eigenvalue weighted by Crippen LogP contribution is 2.41. The van der Waals surface area contributed by atoms with E-state index < -0.39 is 0 Å². The molecule has 1 aliphatic carbocycles. The van der Waals surface area contributed by atoms with Crippen LogP contribution in [0.3, 0.4) is 0 Å². The number of aryl methyl sites for hydroxylation is 1. The van der Waals surface area contributed by atoms with Crippen LogP contribution in [0.2, 0.25) is 0 Å². The highest BCUT2D eigenvalue weighted by Gasteiger charge is 2.24. The molecule has 4 aromatic rings. The summed E-state index contributed by atoms with van der Waals surface area (Å²) in [6, 6.07) is 20.9. The minimum absolute atomic E-state index is 0.636. The highest BCUT2D eigenvalue weighted by atomic mass is 79.9. The average molecular weight is 579 g/mol. The maximum absolute atomic E-state index is 6.00. The van der Waals surface area contributed by atoms with Crippen molar-refractivity contribution < 1.29 is 9.47 Å². The van der Waals surface area contributed by atoms with Gasteiger partial charge in [-0.05, 0) is 76.2 Å². The fraction of sp³-hybridized carbons (Fsp3) is 0.300. The first-order valence-electron chi connectivity index (χ1n) is 12.6. The molecule has 1 aliphatic rings. The fourth-order valence-electron chi connectivity index (χ4n) is 4.71. The Balaban J connectivity index is 1.39. The lowest BCUT2D eigenvalue weighted by Gasteiger charge is -2.24.